The zero-order valence-corrected chi connectivity index (χ0v) is 5.68. The van der Waals surface area contributed by atoms with Crippen molar-refractivity contribution < 1.29 is 0 Å². The Kier molecular flexibility index (Phi) is 1.24. The van der Waals surface area contributed by atoms with Crippen molar-refractivity contribution in [2.24, 2.45) is 11.0 Å². The molecule has 0 saturated heterocycles. The molecular formula is C6H12N2. The molecule has 0 aromatic carbocycles. The fourth-order valence-corrected chi connectivity index (χ4v) is 0.937. The van der Waals surface area contributed by atoms with E-state index in [0.717, 1.165) is 6.54 Å². The molecule has 0 bridgehead atoms. The van der Waals surface area contributed by atoms with Gasteiger partial charge in [0.15, 0.2) is 0 Å². The maximum absolute atomic E-state index is 4.22. The summed E-state index contributed by atoms with van der Waals surface area (Å²) in [4.78, 5) is 0. The highest BCUT2D eigenvalue weighted by molar-refractivity contribution is 5.85. The first kappa shape index (κ1) is 5.60. The van der Waals surface area contributed by atoms with Gasteiger partial charge in [0.25, 0.3) is 0 Å². The predicted molar refractivity (Wildman–Crippen MR) is 34.9 cm³/mol. The van der Waals surface area contributed by atoms with Gasteiger partial charge in [0, 0.05) is 25.2 Å². The fraction of sp³-hybridized carbons (Fsp3) is 0.833. The Labute approximate surface area is 50.2 Å². The minimum atomic E-state index is 0.667. The Morgan fingerprint density at radius 2 is 2.38 bits per heavy atom. The van der Waals surface area contributed by atoms with Crippen LogP contribution in [0.5, 0.6) is 0 Å². The molecule has 8 heavy (non-hydrogen) atoms. The van der Waals surface area contributed by atoms with Crippen molar-refractivity contribution in [3.8, 4) is 0 Å². The number of rotatable bonds is 0. The lowest BCUT2D eigenvalue weighted by atomic mass is 10.1. The van der Waals surface area contributed by atoms with Crippen LogP contribution in [0.25, 0.3) is 0 Å². The normalized spacial score (nSPS) is 28.6. The molecule has 1 rings (SSSR count). The molecule has 0 radical (unpaired) electrons. The summed E-state index contributed by atoms with van der Waals surface area (Å²) < 4.78 is 0. The van der Waals surface area contributed by atoms with Crippen LogP contribution in [0.2, 0.25) is 0 Å². The van der Waals surface area contributed by atoms with Crippen LogP contribution in [0, 0.1) is 5.92 Å². The van der Waals surface area contributed by atoms with E-state index in [1.165, 1.54) is 5.71 Å². The smallest absolute Gasteiger partial charge is 0.0435 e. The summed E-state index contributed by atoms with van der Waals surface area (Å²) in [5, 5.41) is 6.21. The molecule has 0 amide bonds. The standard InChI is InChI=1S/C6H12N2/c1-5-4-8(3)7-6(5)2/h5H,4H2,1-3H3. The molecule has 0 spiro atoms. The SMILES string of the molecule is CC1=NN(C)CC1C. The zero-order valence-electron chi connectivity index (χ0n) is 5.68. The van der Waals surface area contributed by atoms with E-state index in [-0.39, 0.29) is 0 Å². The van der Waals surface area contributed by atoms with Crippen molar-refractivity contribution in [2.75, 3.05) is 13.6 Å². The molecule has 0 fully saturated rings. The second kappa shape index (κ2) is 1.77. The predicted octanol–water partition coefficient (Wildman–Crippen LogP) is 0.944. The number of hydrazone groups is 1. The van der Waals surface area contributed by atoms with Gasteiger partial charge >= 0.3 is 0 Å². The quantitative estimate of drug-likeness (QED) is 0.455. The molecule has 2 heteroatoms. The van der Waals surface area contributed by atoms with Crippen LogP contribution in [0.4, 0.5) is 0 Å². The van der Waals surface area contributed by atoms with Gasteiger partial charge in [-0.3, -0.25) is 5.01 Å². The molecule has 2 nitrogen and oxygen atoms in total. The molecule has 0 aromatic rings. The van der Waals surface area contributed by atoms with Crippen LogP contribution in [-0.4, -0.2) is 24.3 Å². The summed E-state index contributed by atoms with van der Waals surface area (Å²) in [6, 6.07) is 0. The van der Waals surface area contributed by atoms with Gasteiger partial charge in [-0.2, -0.15) is 5.10 Å². The Morgan fingerprint density at radius 1 is 1.75 bits per heavy atom. The molecule has 46 valence electrons. The highest BCUT2D eigenvalue weighted by Gasteiger charge is 2.14. The van der Waals surface area contributed by atoms with Crippen LogP contribution in [0.3, 0.4) is 0 Å². The Hall–Kier alpha value is -0.530. The Morgan fingerprint density at radius 3 is 2.50 bits per heavy atom. The van der Waals surface area contributed by atoms with Gasteiger partial charge in [0.05, 0.1) is 0 Å². The molecule has 0 aromatic heterocycles. The van der Waals surface area contributed by atoms with Crippen LogP contribution in [-0.2, 0) is 0 Å². The second-order valence-electron chi connectivity index (χ2n) is 2.48. The first-order valence-electron chi connectivity index (χ1n) is 2.96. The van der Waals surface area contributed by atoms with Gasteiger partial charge in [0.1, 0.15) is 0 Å². The Bertz CT molecular complexity index is 118. The third kappa shape index (κ3) is 0.831. The maximum Gasteiger partial charge on any atom is 0.0435 e. The molecule has 1 aliphatic rings. The topological polar surface area (TPSA) is 15.6 Å². The van der Waals surface area contributed by atoms with Gasteiger partial charge in [0.2, 0.25) is 0 Å². The fourth-order valence-electron chi connectivity index (χ4n) is 0.937. The molecule has 1 atom stereocenters. The average Bonchev–Trinajstić information content (AvgIpc) is 1.85. The first-order valence-corrected chi connectivity index (χ1v) is 2.96. The first-order chi connectivity index (χ1) is 3.70. The number of hydrogen-bond acceptors (Lipinski definition) is 2. The summed E-state index contributed by atoms with van der Waals surface area (Å²) >= 11 is 0. The molecule has 0 saturated carbocycles. The second-order valence-corrected chi connectivity index (χ2v) is 2.48. The minimum Gasteiger partial charge on any atom is -0.300 e. The van der Waals surface area contributed by atoms with Crippen molar-refractivity contribution in [1.29, 1.82) is 0 Å². The highest BCUT2D eigenvalue weighted by atomic mass is 15.5. The average molecular weight is 112 g/mol. The number of hydrogen-bond donors (Lipinski definition) is 0. The third-order valence-electron chi connectivity index (χ3n) is 1.58. The molecule has 1 heterocycles. The lowest BCUT2D eigenvalue weighted by Gasteiger charge is -2.04. The van der Waals surface area contributed by atoms with Gasteiger partial charge in [-0.05, 0) is 6.92 Å². The van der Waals surface area contributed by atoms with Crippen LogP contribution in [0.1, 0.15) is 13.8 Å². The third-order valence-corrected chi connectivity index (χ3v) is 1.58. The van der Waals surface area contributed by atoms with Gasteiger partial charge in [-0.15, -0.1) is 0 Å². The molecule has 0 N–H and O–H groups in total. The van der Waals surface area contributed by atoms with E-state index >= 15 is 0 Å². The van der Waals surface area contributed by atoms with E-state index in [2.05, 4.69) is 18.9 Å². The molecule has 0 aliphatic carbocycles. The summed E-state index contributed by atoms with van der Waals surface area (Å²) in [6.45, 7) is 5.36. The molecular weight excluding hydrogens is 100 g/mol. The lowest BCUT2D eigenvalue weighted by Crippen LogP contribution is -2.11. The Balaban J connectivity index is 2.59. The summed E-state index contributed by atoms with van der Waals surface area (Å²) in [5.41, 5.74) is 1.26. The summed E-state index contributed by atoms with van der Waals surface area (Å²) in [6.07, 6.45) is 0. The van der Waals surface area contributed by atoms with E-state index in [1.54, 1.807) is 0 Å². The van der Waals surface area contributed by atoms with Crippen molar-refractivity contribution in [3.05, 3.63) is 0 Å². The van der Waals surface area contributed by atoms with E-state index in [9.17, 15) is 0 Å². The number of nitrogens with zero attached hydrogens (tertiary/aromatic N) is 2. The molecule has 1 aliphatic heterocycles. The van der Waals surface area contributed by atoms with E-state index in [0.29, 0.717) is 5.92 Å². The van der Waals surface area contributed by atoms with Crippen molar-refractivity contribution >= 4 is 5.71 Å². The minimum absolute atomic E-state index is 0.667. The summed E-state index contributed by atoms with van der Waals surface area (Å²) in [5.74, 6) is 0.667. The van der Waals surface area contributed by atoms with Crippen LogP contribution in [0.15, 0.2) is 5.10 Å². The van der Waals surface area contributed by atoms with Crippen molar-refractivity contribution in [1.82, 2.24) is 5.01 Å². The van der Waals surface area contributed by atoms with Crippen LogP contribution >= 0.6 is 0 Å². The summed E-state index contributed by atoms with van der Waals surface area (Å²) in [7, 11) is 2.01. The van der Waals surface area contributed by atoms with Gasteiger partial charge < -0.3 is 0 Å². The maximum atomic E-state index is 4.22. The van der Waals surface area contributed by atoms with Gasteiger partial charge in [-0.25, -0.2) is 0 Å². The monoisotopic (exact) mass is 112 g/mol. The van der Waals surface area contributed by atoms with Crippen molar-refractivity contribution in [3.63, 3.8) is 0 Å². The van der Waals surface area contributed by atoms with E-state index in [1.807, 2.05) is 12.1 Å². The lowest BCUT2D eigenvalue weighted by molar-refractivity contribution is 0.368. The highest BCUT2D eigenvalue weighted by Crippen LogP contribution is 2.09. The largest absolute Gasteiger partial charge is 0.300 e. The van der Waals surface area contributed by atoms with Gasteiger partial charge in [-0.1, -0.05) is 6.92 Å². The van der Waals surface area contributed by atoms with E-state index in [4.69, 9.17) is 0 Å². The molecule has 1 unspecified atom stereocenters. The van der Waals surface area contributed by atoms with Crippen LogP contribution < -0.4 is 0 Å². The zero-order chi connectivity index (χ0) is 6.15. The van der Waals surface area contributed by atoms with E-state index < -0.39 is 0 Å². The van der Waals surface area contributed by atoms with Crippen molar-refractivity contribution in [2.45, 2.75) is 13.8 Å².